The first-order chi connectivity index (χ1) is 19.9. The highest BCUT2D eigenvalue weighted by Gasteiger charge is 2.17. The van der Waals surface area contributed by atoms with Crippen molar-refractivity contribution in [2.24, 2.45) is 0 Å². The van der Waals surface area contributed by atoms with Gasteiger partial charge in [0.05, 0.1) is 14.2 Å². The van der Waals surface area contributed by atoms with Crippen LogP contribution in [0.15, 0.2) is 109 Å². The zero-order chi connectivity index (χ0) is 29.2. The van der Waals surface area contributed by atoms with Crippen LogP contribution in [0.4, 0.5) is 10.1 Å². The predicted octanol–water partition coefficient (Wildman–Crippen LogP) is 6.15. The van der Waals surface area contributed by atoms with E-state index in [1.807, 2.05) is 0 Å². The Labute approximate surface area is 236 Å². The molecule has 0 aliphatic carbocycles. The molecule has 41 heavy (non-hydrogen) atoms. The molecule has 4 rings (SSSR count). The Morgan fingerprint density at radius 1 is 0.732 bits per heavy atom. The Morgan fingerprint density at radius 2 is 1.41 bits per heavy atom. The molecule has 0 saturated carbocycles. The minimum absolute atomic E-state index is 0.0432. The molecule has 0 bridgehead atoms. The van der Waals surface area contributed by atoms with Crippen molar-refractivity contribution in [3.63, 3.8) is 0 Å². The summed E-state index contributed by atoms with van der Waals surface area (Å²) in [4.78, 5) is 38.9. The van der Waals surface area contributed by atoms with Gasteiger partial charge in [-0.15, -0.1) is 0 Å². The summed E-state index contributed by atoms with van der Waals surface area (Å²) in [6.45, 7) is 0. The number of anilines is 1. The van der Waals surface area contributed by atoms with E-state index in [9.17, 15) is 18.8 Å². The number of amides is 2. The van der Waals surface area contributed by atoms with E-state index >= 15 is 0 Å². The van der Waals surface area contributed by atoms with Crippen molar-refractivity contribution in [3.8, 4) is 11.5 Å². The lowest BCUT2D eigenvalue weighted by molar-refractivity contribution is -0.113. The molecule has 0 atom stereocenters. The lowest BCUT2D eigenvalue weighted by Crippen LogP contribution is -2.30. The van der Waals surface area contributed by atoms with E-state index in [1.54, 1.807) is 91.0 Å². The third kappa shape index (κ3) is 7.33. The van der Waals surface area contributed by atoms with E-state index < -0.39 is 17.6 Å². The number of ketones is 1. The summed E-state index contributed by atoms with van der Waals surface area (Å²) >= 11 is 0. The van der Waals surface area contributed by atoms with Crippen molar-refractivity contribution >= 4 is 35.4 Å². The molecule has 4 aromatic rings. The van der Waals surface area contributed by atoms with Crippen LogP contribution in [0.25, 0.3) is 12.2 Å². The Morgan fingerprint density at radius 3 is 2.10 bits per heavy atom. The van der Waals surface area contributed by atoms with E-state index in [-0.39, 0.29) is 11.5 Å². The topological polar surface area (TPSA) is 93.7 Å². The molecule has 4 aromatic carbocycles. The second-order valence-electron chi connectivity index (χ2n) is 8.71. The van der Waals surface area contributed by atoms with E-state index in [0.717, 1.165) is 0 Å². The van der Waals surface area contributed by atoms with Crippen LogP contribution in [0.2, 0.25) is 0 Å². The van der Waals surface area contributed by atoms with Gasteiger partial charge in [-0.05, 0) is 66.8 Å². The SMILES string of the molecule is COc1cccc(/C=C(\NC(=O)c2ccccc2)C(=O)Nc2ccc(C(=O)/C=C/c3ccccc3F)cc2)c1OC. The molecule has 0 aliphatic heterocycles. The van der Waals surface area contributed by atoms with Gasteiger partial charge in [0.1, 0.15) is 11.5 Å². The molecule has 2 N–H and O–H groups in total. The fraction of sp³-hybridized carbons (Fsp3) is 0.0606. The van der Waals surface area contributed by atoms with Crippen LogP contribution in [0.5, 0.6) is 11.5 Å². The van der Waals surface area contributed by atoms with Gasteiger partial charge >= 0.3 is 0 Å². The van der Waals surface area contributed by atoms with Gasteiger partial charge in [-0.2, -0.15) is 0 Å². The maximum Gasteiger partial charge on any atom is 0.272 e. The zero-order valence-electron chi connectivity index (χ0n) is 22.4. The standard InChI is InChI=1S/C33H27FN2O5/c1-40-30-14-8-12-25(31(30)41-2)21-28(36-32(38)24-10-4-3-5-11-24)33(39)35-26-18-15-23(16-19-26)29(37)20-17-22-9-6-7-13-27(22)34/h3-21H,1-2H3,(H,35,39)(H,36,38)/b20-17+,28-21-. The van der Waals surface area contributed by atoms with Gasteiger partial charge in [0.15, 0.2) is 17.3 Å². The molecule has 2 amide bonds. The summed E-state index contributed by atoms with van der Waals surface area (Å²) in [5.41, 5.74) is 1.88. The average molecular weight is 551 g/mol. The lowest BCUT2D eigenvalue weighted by atomic mass is 10.1. The number of rotatable bonds is 10. The summed E-state index contributed by atoms with van der Waals surface area (Å²) in [7, 11) is 2.98. The monoisotopic (exact) mass is 550 g/mol. The number of hydrogen-bond donors (Lipinski definition) is 2. The van der Waals surface area contributed by atoms with Crippen LogP contribution in [0.3, 0.4) is 0 Å². The maximum absolute atomic E-state index is 13.8. The first-order valence-electron chi connectivity index (χ1n) is 12.6. The van der Waals surface area contributed by atoms with Crippen molar-refractivity contribution in [2.45, 2.75) is 0 Å². The van der Waals surface area contributed by atoms with Gasteiger partial charge in [-0.3, -0.25) is 14.4 Å². The molecular formula is C33H27FN2O5. The number of para-hydroxylation sites is 1. The van der Waals surface area contributed by atoms with Gasteiger partial charge in [-0.1, -0.05) is 48.5 Å². The van der Waals surface area contributed by atoms with Gasteiger partial charge < -0.3 is 20.1 Å². The predicted molar refractivity (Wildman–Crippen MR) is 156 cm³/mol. The smallest absolute Gasteiger partial charge is 0.272 e. The van der Waals surface area contributed by atoms with Gasteiger partial charge in [0, 0.05) is 27.9 Å². The Kier molecular flexibility index (Phi) is 9.41. The highest BCUT2D eigenvalue weighted by Crippen LogP contribution is 2.32. The summed E-state index contributed by atoms with van der Waals surface area (Å²) in [6, 6.07) is 26.0. The molecule has 0 saturated heterocycles. The van der Waals surface area contributed by atoms with Crippen LogP contribution >= 0.6 is 0 Å². The van der Waals surface area contributed by atoms with Crippen molar-refractivity contribution in [1.29, 1.82) is 0 Å². The molecule has 0 aromatic heterocycles. The number of ether oxygens (including phenoxy) is 2. The van der Waals surface area contributed by atoms with Crippen LogP contribution < -0.4 is 20.1 Å². The Hall–Kier alpha value is -5.50. The first kappa shape index (κ1) is 28.5. The quantitative estimate of drug-likeness (QED) is 0.183. The number of hydrogen-bond acceptors (Lipinski definition) is 5. The number of carbonyl (C=O) groups excluding carboxylic acids is 3. The first-order valence-corrected chi connectivity index (χ1v) is 12.6. The molecule has 206 valence electrons. The highest BCUT2D eigenvalue weighted by atomic mass is 19.1. The minimum Gasteiger partial charge on any atom is -0.493 e. The van der Waals surface area contributed by atoms with Crippen LogP contribution in [-0.4, -0.2) is 31.8 Å². The molecule has 8 heteroatoms. The fourth-order valence-corrected chi connectivity index (χ4v) is 3.91. The maximum atomic E-state index is 13.8. The molecule has 0 aliphatic rings. The number of nitrogens with one attached hydrogen (secondary N) is 2. The lowest BCUT2D eigenvalue weighted by Gasteiger charge is -2.14. The van der Waals surface area contributed by atoms with Crippen molar-refractivity contribution in [2.75, 3.05) is 19.5 Å². The summed E-state index contributed by atoms with van der Waals surface area (Å²) < 4.78 is 24.7. The highest BCUT2D eigenvalue weighted by molar-refractivity contribution is 6.11. The molecule has 0 unspecified atom stereocenters. The van der Waals surface area contributed by atoms with Crippen LogP contribution in [0.1, 0.15) is 31.8 Å². The summed E-state index contributed by atoms with van der Waals surface area (Å²) in [5.74, 6) is -0.981. The Balaban J connectivity index is 1.56. The second-order valence-corrected chi connectivity index (χ2v) is 8.71. The molecule has 0 heterocycles. The zero-order valence-corrected chi connectivity index (χ0v) is 22.4. The summed E-state index contributed by atoms with van der Waals surface area (Å²) in [6.07, 6.45) is 4.18. The molecule has 0 fully saturated rings. The number of methoxy groups -OCH3 is 2. The largest absolute Gasteiger partial charge is 0.493 e. The minimum atomic E-state index is -0.599. The molecular weight excluding hydrogens is 523 g/mol. The van der Waals surface area contributed by atoms with Crippen molar-refractivity contribution in [1.82, 2.24) is 5.32 Å². The fourth-order valence-electron chi connectivity index (χ4n) is 3.91. The van der Waals surface area contributed by atoms with Gasteiger partial charge in [0.2, 0.25) is 0 Å². The number of halogens is 1. The average Bonchev–Trinajstić information content (AvgIpc) is 3.00. The Bertz CT molecular complexity index is 1610. The van der Waals surface area contributed by atoms with E-state index in [2.05, 4.69) is 10.6 Å². The molecule has 0 spiro atoms. The second kappa shape index (κ2) is 13.5. The van der Waals surface area contributed by atoms with Gasteiger partial charge in [-0.25, -0.2) is 4.39 Å². The number of allylic oxidation sites excluding steroid dienone is 1. The van der Waals surface area contributed by atoms with Crippen LogP contribution in [0, 0.1) is 5.82 Å². The van der Waals surface area contributed by atoms with Crippen molar-refractivity contribution in [3.05, 3.63) is 137 Å². The third-order valence-electron chi connectivity index (χ3n) is 6.01. The summed E-state index contributed by atoms with van der Waals surface area (Å²) in [5, 5.41) is 5.42. The third-order valence-corrected chi connectivity index (χ3v) is 6.01. The number of benzene rings is 4. The van der Waals surface area contributed by atoms with E-state index in [1.165, 1.54) is 38.5 Å². The normalized spacial score (nSPS) is 11.1. The van der Waals surface area contributed by atoms with E-state index in [4.69, 9.17) is 9.47 Å². The van der Waals surface area contributed by atoms with E-state index in [0.29, 0.717) is 39.4 Å². The number of carbonyl (C=O) groups is 3. The molecule has 0 radical (unpaired) electrons. The van der Waals surface area contributed by atoms with Crippen LogP contribution in [-0.2, 0) is 4.79 Å². The van der Waals surface area contributed by atoms with Crippen molar-refractivity contribution < 1.29 is 28.2 Å². The molecule has 7 nitrogen and oxygen atoms in total. The van der Waals surface area contributed by atoms with Gasteiger partial charge in [0.25, 0.3) is 11.8 Å².